The largest absolute Gasteiger partial charge is 0.361 e. The summed E-state index contributed by atoms with van der Waals surface area (Å²) in [5, 5.41) is 13.0. The molecule has 1 aliphatic heterocycles. The zero-order valence-corrected chi connectivity index (χ0v) is 13.9. The molecule has 1 aliphatic rings. The number of ether oxygens (including phenoxy) is 1. The van der Waals surface area contributed by atoms with Gasteiger partial charge in [0, 0.05) is 5.02 Å². The third-order valence-corrected chi connectivity index (χ3v) is 4.66. The molecule has 3 rings (SSSR count). The highest BCUT2D eigenvalue weighted by molar-refractivity contribution is 6.30. The molecule has 0 bridgehead atoms. The van der Waals surface area contributed by atoms with E-state index in [9.17, 15) is 0 Å². The van der Waals surface area contributed by atoms with Gasteiger partial charge in [-0.2, -0.15) is 5.26 Å². The normalized spacial score (nSPS) is 19.3. The third kappa shape index (κ3) is 2.98. The molecule has 0 fully saturated rings. The summed E-state index contributed by atoms with van der Waals surface area (Å²) in [5.41, 5.74) is 3.60. The summed E-state index contributed by atoms with van der Waals surface area (Å²) in [4.78, 5) is 0. The molecule has 0 saturated heterocycles. The van der Waals surface area contributed by atoms with Crippen molar-refractivity contribution in [1.82, 2.24) is 5.32 Å². The molecule has 0 amide bonds. The summed E-state index contributed by atoms with van der Waals surface area (Å²) < 4.78 is 6.30. The predicted molar refractivity (Wildman–Crippen MR) is 91.3 cm³/mol. The van der Waals surface area contributed by atoms with E-state index in [0.29, 0.717) is 12.2 Å². The highest BCUT2D eigenvalue weighted by Crippen LogP contribution is 2.45. The smallest absolute Gasteiger partial charge is 0.119 e. The minimum absolute atomic E-state index is 0.454. The topological polar surface area (TPSA) is 45.0 Å². The fourth-order valence-corrected chi connectivity index (χ4v) is 3.40. The van der Waals surface area contributed by atoms with Crippen LogP contribution < -0.4 is 5.32 Å². The molecule has 0 aliphatic carbocycles. The Balaban J connectivity index is 2.05. The van der Waals surface area contributed by atoms with Crippen LogP contribution in [0.5, 0.6) is 0 Å². The van der Waals surface area contributed by atoms with Gasteiger partial charge >= 0.3 is 0 Å². The number of benzene rings is 2. The number of hydrogen-bond donors (Lipinski definition) is 1. The van der Waals surface area contributed by atoms with Gasteiger partial charge in [0.25, 0.3) is 0 Å². The van der Waals surface area contributed by atoms with Crippen LogP contribution in [-0.4, -0.2) is 13.6 Å². The number of rotatable bonds is 5. The van der Waals surface area contributed by atoms with Crippen molar-refractivity contribution in [1.29, 1.82) is 5.26 Å². The first kappa shape index (κ1) is 16.0. The molecule has 0 unspecified atom stereocenters. The fourth-order valence-electron chi connectivity index (χ4n) is 3.28. The Hall–Kier alpha value is -1.86. The van der Waals surface area contributed by atoms with Gasteiger partial charge in [-0.15, -0.1) is 0 Å². The molecule has 0 aromatic heterocycles. The highest BCUT2D eigenvalue weighted by atomic mass is 35.5. The van der Waals surface area contributed by atoms with Crippen molar-refractivity contribution < 1.29 is 4.74 Å². The molecule has 0 saturated carbocycles. The zero-order chi connectivity index (χ0) is 16.3. The molecular weight excluding hydrogens is 308 g/mol. The maximum Gasteiger partial charge on any atom is 0.119 e. The van der Waals surface area contributed by atoms with Crippen molar-refractivity contribution in [3.05, 3.63) is 69.7 Å². The van der Waals surface area contributed by atoms with E-state index in [1.165, 1.54) is 0 Å². The van der Waals surface area contributed by atoms with Gasteiger partial charge in [-0.05, 0) is 67.4 Å². The van der Waals surface area contributed by atoms with Gasteiger partial charge in [0.05, 0.1) is 18.2 Å². The molecule has 1 atom stereocenters. The van der Waals surface area contributed by atoms with Crippen molar-refractivity contribution in [2.75, 3.05) is 13.6 Å². The van der Waals surface area contributed by atoms with Crippen LogP contribution in [0.2, 0.25) is 5.02 Å². The van der Waals surface area contributed by atoms with Gasteiger partial charge in [-0.3, -0.25) is 0 Å². The minimum atomic E-state index is -0.454. The Morgan fingerprint density at radius 1 is 1.26 bits per heavy atom. The van der Waals surface area contributed by atoms with E-state index in [4.69, 9.17) is 21.6 Å². The maximum absolute atomic E-state index is 9.11. The molecule has 23 heavy (non-hydrogen) atoms. The summed E-state index contributed by atoms with van der Waals surface area (Å²) >= 11 is 6.04. The zero-order valence-electron chi connectivity index (χ0n) is 13.1. The lowest BCUT2D eigenvalue weighted by molar-refractivity contribution is -0.0128. The quantitative estimate of drug-likeness (QED) is 0.845. The lowest BCUT2D eigenvalue weighted by atomic mass is 9.81. The van der Waals surface area contributed by atoms with Crippen LogP contribution in [0.3, 0.4) is 0 Å². The van der Waals surface area contributed by atoms with Crippen LogP contribution in [0.4, 0.5) is 0 Å². The second-order valence-corrected chi connectivity index (χ2v) is 6.25. The van der Waals surface area contributed by atoms with Gasteiger partial charge in [0.2, 0.25) is 0 Å². The van der Waals surface area contributed by atoms with Crippen molar-refractivity contribution >= 4 is 11.6 Å². The highest BCUT2D eigenvalue weighted by Gasteiger charge is 2.41. The second kappa shape index (κ2) is 6.72. The standard InChI is InChI=1S/C19H19ClN2O/c1-22-10-2-9-19(16-4-6-17(20)7-5-16)18-8-3-14(12-21)11-15(18)13-23-19/h3-8,11,22H,2,9-10,13H2,1H3/t19-/m1/s1. The van der Waals surface area contributed by atoms with Crippen LogP contribution in [0.1, 0.15) is 35.1 Å². The summed E-state index contributed by atoms with van der Waals surface area (Å²) in [6.45, 7) is 1.47. The Bertz CT molecular complexity index is 736. The van der Waals surface area contributed by atoms with E-state index in [-0.39, 0.29) is 0 Å². The Labute approximate surface area is 141 Å². The average molecular weight is 327 g/mol. The molecule has 118 valence electrons. The van der Waals surface area contributed by atoms with E-state index in [1.807, 2.05) is 49.5 Å². The predicted octanol–water partition coefficient (Wildman–Crippen LogP) is 3.99. The molecule has 1 heterocycles. The Morgan fingerprint density at radius 3 is 2.74 bits per heavy atom. The molecule has 0 spiro atoms. The van der Waals surface area contributed by atoms with Gasteiger partial charge in [0.15, 0.2) is 0 Å². The minimum Gasteiger partial charge on any atom is -0.361 e. The van der Waals surface area contributed by atoms with E-state index in [0.717, 1.165) is 41.1 Å². The molecule has 3 nitrogen and oxygen atoms in total. The number of hydrogen-bond acceptors (Lipinski definition) is 3. The molecule has 0 radical (unpaired) electrons. The summed E-state index contributed by atoms with van der Waals surface area (Å²) in [6.07, 6.45) is 1.88. The number of fused-ring (bicyclic) bond motifs is 1. The van der Waals surface area contributed by atoms with E-state index < -0.39 is 5.60 Å². The summed E-state index contributed by atoms with van der Waals surface area (Å²) in [7, 11) is 1.96. The lowest BCUT2D eigenvalue weighted by Gasteiger charge is -2.30. The van der Waals surface area contributed by atoms with Gasteiger partial charge in [0.1, 0.15) is 5.60 Å². The SMILES string of the molecule is CNCCC[C@]1(c2ccc(Cl)cc2)OCc2cc(C#N)ccc21. The molecule has 1 N–H and O–H groups in total. The van der Waals surface area contributed by atoms with Crippen LogP contribution in [0, 0.1) is 11.3 Å². The molecule has 4 heteroatoms. The summed E-state index contributed by atoms with van der Waals surface area (Å²) in [6, 6.07) is 15.9. The van der Waals surface area contributed by atoms with Crippen LogP contribution >= 0.6 is 11.6 Å². The molecule has 2 aromatic carbocycles. The summed E-state index contributed by atoms with van der Waals surface area (Å²) in [5.74, 6) is 0. The molecular formula is C19H19ClN2O. The van der Waals surface area contributed by atoms with E-state index in [1.54, 1.807) is 0 Å². The maximum atomic E-state index is 9.11. The first-order valence-electron chi connectivity index (χ1n) is 7.78. The second-order valence-electron chi connectivity index (χ2n) is 5.81. The van der Waals surface area contributed by atoms with Gasteiger partial charge < -0.3 is 10.1 Å². The number of halogens is 1. The number of nitrogens with zero attached hydrogens (tertiary/aromatic N) is 1. The van der Waals surface area contributed by atoms with Crippen molar-refractivity contribution in [3.8, 4) is 6.07 Å². The van der Waals surface area contributed by atoms with Crippen LogP contribution in [0.15, 0.2) is 42.5 Å². The third-order valence-electron chi connectivity index (χ3n) is 4.41. The number of nitrogens with one attached hydrogen (secondary N) is 1. The monoisotopic (exact) mass is 326 g/mol. The first-order valence-corrected chi connectivity index (χ1v) is 8.15. The van der Waals surface area contributed by atoms with E-state index >= 15 is 0 Å². The van der Waals surface area contributed by atoms with Crippen molar-refractivity contribution in [3.63, 3.8) is 0 Å². The van der Waals surface area contributed by atoms with E-state index in [2.05, 4.69) is 11.4 Å². The van der Waals surface area contributed by atoms with Gasteiger partial charge in [-0.1, -0.05) is 29.8 Å². The Kier molecular flexibility index (Phi) is 4.68. The Morgan fingerprint density at radius 2 is 2.04 bits per heavy atom. The number of nitriles is 1. The van der Waals surface area contributed by atoms with Crippen LogP contribution in [-0.2, 0) is 16.9 Å². The van der Waals surface area contributed by atoms with Crippen LogP contribution in [0.25, 0.3) is 0 Å². The first-order chi connectivity index (χ1) is 11.2. The fraction of sp³-hybridized carbons (Fsp3) is 0.316. The molecule has 2 aromatic rings. The average Bonchev–Trinajstić information content (AvgIpc) is 2.95. The van der Waals surface area contributed by atoms with Gasteiger partial charge in [-0.25, -0.2) is 0 Å². The van der Waals surface area contributed by atoms with Crippen molar-refractivity contribution in [2.45, 2.75) is 25.0 Å². The lowest BCUT2D eigenvalue weighted by Crippen LogP contribution is -2.28. The van der Waals surface area contributed by atoms with Crippen molar-refractivity contribution in [2.24, 2.45) is 0 Å².